The molecule has 7 heteroatoms. The summed E-state index contributed by atoms with van der Waals surface area (Å²) in [4.78, 5) is 17.4. The first-order chi connectivity index (χ1) is 16.1. The number of benzene rings is 2. The van der Waals surface area contributed by atoms with E-state index in [1.807, 2.05) is 52.3 Å². The number of methoxy groups -OCH3 is 2. The molecule has 33 heavy (non-hydrogen) atoms. The Hall–Kier alpha value is -2.93. The second kappa shape index (κ2) is 10.3. The van der Waals surface area contributed by atoms with Gasteiger partial charge in [0.25, 0.3) is 0 Å². The van der Waals surface area contributed by atoms with Crippen LogP contribution in [0.3, 0.4) is 0 Å². The fourth-order valence-corrected chi connectivity index (χ4v) is 4.51. The summed E-state index contributed by atoms with van der Waals surface area (Å²) in [7, 11) is 3.29. The van der Waals surface area contributed by atoms with Gasteiger partial charge < -0.3 is 23.8 Å². The first-order valence-electron chi connectivity index (χ1n) is 11.7. The molecule has 2 aliphatic heterocycles. The van der Waals surface area contributed by atoms with Crippen molar-refractivity contribution in [1.82, 2.24) is 4.90 Å². The van der Waals surface area contributed by atoms with E-state index in [4.69, 9.17) is 18.9 Å². The van der Waals surface area contributed by atoms with Crippen molar-refractivity contribution >= 4 is 11.7 Å². The highest BCUT2D eigenvalue weighted by Gasteiger charge is 2.48. The Morgan fingerprint density at radius 3 is 2.45 bits per heavy atom. The SMILES string of the molecule is CCCCCOc1cc(N2CC3(COC3)CN(Cc3ccccc3OC)C2=O)ccc1OC. The van der Waals surface area contributed by atoms with Gasteiger partial charge in [0.05, 0.1) is 46.0 Å². The number of nitrogens with zero attached hydrogens (tertiary/aromatic N) is 2. The molecule has 0 aromatic heterocycles. The predicted molar refractivity (Wildman–Crippen MR) is 127 cm³/mol. The second-order valence-corrected chi connectivity index (χ2v) is 8.92. The van der Waals surface area contributed by atoms with Crippen LogP contribution in [0.1, 0.15) is 31.7 Å². The fourth-order valence-electron chi connectivity index (χ4n) is 4.51. The average Bonchev–Trinajstić information content (AvgIpc) is 2.82. The molecule has 2 aromatic carbocycles. The van der Waals surface area contributed by atoms with Gasteiger partial charge in [0.1, 0.15) is 5.75 Å². The minimum Gasteiger partial charge on any atom is -0.496 e. The molecule has 2 aromatic rings. The largest absolute Gasteiger partial charge is 0.496 e. The van der Waals surface area contributed by atoms with Crippen LogP contribution < -0.4 is 19.1 Å². The van der Waals surface area contributed by atoms with Crippen LogP contribution in [0.5, 0.6) is 17.2 Å². The molecule has 0 aliphatic carbocycles. The lowest BCUT2D eigenvalue weighted by atomic mass is 9.82. The number of carbonyl (C=O) groups is 1. The van der Waals surface area contributed by atoms with E-state index in [0.717, 1.165) is 36.3 Å². The fraction of sp³-hybridized carbons (Fsp3) is 0.500. The summed E-state index contributed by atoms with van der Waals surface area (Å²) < 4.78 is 22.6. The van der Waals surface area contributed by atoms with Crippen molar-refractivity contribution in [3.63, 3.8) is 0 Å². The summed E-state index contributed by atoms with van der Waals surface area (Å²) in [5, 5.41) is 0. The van der Waals surface area contributed by atoms with Gasteiger partial charge >= 0.3 is 6.03 Å². The Morgan fingerprint density at radius 2 is 1.76 bits per heavy atom. The first-order valence-corrected chi connectivity index (χ1v) is 11.7. The van der Waals surface area contributed by atoms with Gasteiger partial charge in [0.2, 0.25) is 0 Å². The van der Waals surface area contributed by atoms with Gasteiger partial charge in [0, 0.05) is 30.4 Å². The lowest BCUT2D eigenvalue weighted by molar-refractivity contribution is -0.122. The van der Waals surface area contributed by atoms with Gasteiger partial charge in [-0.05, 0) is 24.6 Å². The number of anilines is 1. The summed E-state index contributed by atoms with van der Waals surface area (Å²) >= 11 is 0. The molecule has 2 heterocycles. The number of amides is 2. The van der Waals surface area contributed by atoms with Crippen LogP contribution in [0, 0.1) is 5.41 Å². The van der Waals surface area contributed by atoms with E-state index in [9.17, 15) is 4.79 Å². The molecule has 7 nitrogen and oxygen atoms in total. The zero-order chi connectivity index (χ0) is 23.3. The Morgan fingerprint density at radius 1 is 0.970 bits per heavy atom. The summed E-state index contributed by atoms with van der Waals surface area (Å²) in [5.74, 6) is 2.13. The van der Waals surface area contributed by atoms with Crippen LogP contribution in [0.2, 0.25) is 0 Å². The third kappa shape index (κ3) is 5.03. The number of ether oxygens (including phenoxy) is 4. The lowest BCUT2D eigenvalue weighted by Gasteiger charge is -2.51. The normalized spacial score (nSPS) is 17.1. The molecule has 0 radical (unpaired) electrons. The van der Waals surface area contributed by atoms with Crippen molar-refractivity contribution in [3.05, 3.63) is 48.0 Å². The number of carbonyl (C=O) groups excluding carboxylic acids is 1. The predicted octanol–water partition coefficient (Wildman–Crippen LogP) is 4.73. The molecular formula is C26H34N2O5. The maximum absolute atomic E-state index is 13.6. The quantitative estimate of drug-likeness (QED) is 0.486. The molecule has 1 spiro atoms. The van der Waals surface area contributed by atoms with Crippen molar-refractivity contribution < 1.29 is 23.7 Å². The van der Waals surface area contributed by atoms with Crippen molar-refractivity contribution in [2.24, 2.45) is 5.41 Å². The maximum Gasteiger partial charge on any atom is 0.324 e. The first kappa shape index (κ1) is 23.2. The second-order valence-electron chi connectivity index (χ2n) is 8.92. The molecule has 2 amide bonds. The minimum absolute atomic E-state index is 0.0273. The molecule has 2 fully saturated rings. The highest BCUT2D eigenvalue weighted by Crippen LogP contribution is 2.39. The molecule has 0 saturated carbocycles. The average molecular weight is 455 g/mol. The molecule has 0 atom stereocenters. The van der Waals surface area contributed by atoms with Crippen molar-refractivity contribution in [1.29, 1.82) is 0 Å². The zero-order valence-electron chi connectivity index (χ0n) is 19.8. The highest BCUT2D eigenvalue weighted by atomic mass is 16.5. The molecule has 178 valence electrons. The minimum atomic E-state index is -0.0714. The third-order valence-electron chi connectivity index (χ3n) is 6.36. The number of hydrogen-bond donors (Lipinski definition) is 0. The maximum atomic E-state index is 13.6. The standard InChI is InChI=1S/C26H34N2O5/c1-4-5-8-13-33-24-14-21(11-12-23(24)31-3)28-17-26(18-32-19-26)16-27(25(28)29)15-20-9-6-7-10-22(20)30-2/h6-7,9-12,14H,4-5,8,13,15-19H2,1-3H3. The molecule has 2 saturated heterocycles. The number of rotatable bonds is 10. The van der Waals surface area contributed by atoms with Crippen molar-refractivity contribution in [2.75, 3.05) is 52.0 Å². The molecule has 0 bridgehead atoms. The number of para-hydroxylation sites is 1. The Bertz CT molecular complexity index is 959. The Labute approximate surface area is 196 Å². The summed E-state index contributed by atoms with van der Waals surface area (Å²) in [5.41, 5.74) is 1.72. The molecule has 0 N–H and O–H groups in total. The van der Waals surface area contributed by atoms with E-state index >= 15 is 0 Å². The number of unbranched alkanes of at least 4 members (excludes halogenated alkanes) is 2. The smallest absolute Gasteiger partial charge is 0.324 e. The lowest BCUT2D eigenvalue weighted by Crippen LogP contribution is -2.65. The van der Waals surface area contributed by atoms with Crippen LogP contribution in [0.4, 0.5) is 10.5 Å². The van der Waals surface area contributed by atoms with Crippen LogP contribution in [-0.2, 0) is 11.3 Å². The molecule has 4 rings (SSSR count). The van der Waals surface area contributed by atoms with Gasteiger partial charge in [-0.15, -0.1) is 0 Å². The van der Waals surface area contributed by atoms with Crippen molar-refractivity contribution in [3.8, 4) is 17.2 Å². The van der Waals surface area contributed by atoms with E-state index < -0.39 is 0 Å². The summed E-state index contributed by atoms with van der Waals surface area (Å²) in [6, 6.07) is 13.5. The topological polar surface area (TPSA) is 60.5 Å². The van der Waals surface area contributed by atoms with Crippen LogP contribution >= 0.6 is 0 Å². The van der Waals surface area contributed by atoms with E-state index in [0.29, 0.717) is 51.0 Å². The highest BCUT2D eigenvalue weighted by molar-refractivity contribution is 5.93. The van der Waals surface area contributed by atoms with E-state index in [1.54, 1.807) is 14.2 Å². The van der Waals surface area contributed by atoms with Gasteiger partial charge in [-0.3, -0.25) is 4.90 Å². The van der Waals surface area contributed by atoms with Crippen LogP contribution in [0.15, 0.2) is 42.5 Å². The number of hydrogen-bond acceptors (Lipinski definition) is 5. The van der Waals surface area contributed by atoms with Gasteiger partial charge in [-0.25, -0.2) is 4.79 Å². The molecule has 0 unspecified atom stereocenters. The number of urea groups is 1. The molecular weight excluding hydrogens is 420 g/mol. The Balaban J connectivity index is 1.59. The van der Waals surface area contributed by atoms with E-state index in [-0.39, 0.29) is 11.4 Å². The zero-order valence-corrected chi connectivity index (χ0v) is 19.8. The third-order valence-corrected chi connectivity index (χ3v) is 6.36. The Kier molecular flexibility index (Phi) is 7.28. The molecule has 2 aliphatic rings. The van der Waals surface area contributed by atoms with Crippen molar-refractivity contribution in [2.45, 2.75) is 32.7 Å². The van der Waals surface area contributed by atoms with Crippen LogP contribution in [-0.4, -0.2) is 58.1 Å². The van der Waals surface area contributed by atoms with Gasteiger partial charge in [0.15, 0.2) is 11.5 Å². The van der Waals surface area contributed by atoms with Gasteiger partial charge in [-0.2, -0.15) is 0 Å². The summed E-state index contributed by atoms with van der Waals surface area (Å²) in [6.45, 7) is 5.86. The van der Waals surface area contributed by atoms with E-state index in [1.165, 1.54) is 0 Å². The van der Waals surface area contributed by atoms with Gasteiger partial charge in [-0.1, -0.05) is 38.0 Å². The summed E-state index contributed by atoms with van der Waals surface area (Å²) in [6.07, 6.45) is 3.24. The van der Waals surface area contributed by atoms with Crippen LogP contribution in [0.25, 0.3) is 0 Å². The monoisotopic (exact) mass is 454 g/mol. The van der Waals surface area contributed by atoms with E-state index in [2.05, 4.69) is 6.92 Å².